The molecule has 2 amide bonds. The van der Waals surface area contributed by atoms with Crippen molar-refractivity contribution in [2.24, 2.45) is 0 Å². The molecule has 0 heterocycles. The summed E-state index contributed by atoms with van der Waals surface area (Å²) in [4.78, 5) is 24.5. The van der Waals surface area contributed by atoms with Gasteiger partial charge in [-0.05, 0) is 54.3 Å². The highest BCUT2D eigenvalue weighted by Gasteiger charge is 2.22. The molecule has 9 heteroatoms. The Bertz CT molecular complexity index is 1060. The number of aryl methyl sites for hydroxylation is 1. The van der Waals surface area contributed by atoms with Gasteiger partial charge in [0.2, 0.25) is 10.0 Å². The monoisotopic (exact) mass is 461 g/mol. The van der Waals surface area contributed by atoms with Crippen molar-refractivity contribution in [3.63, 3.8) is 0 Å². The van der Waals surface area contributed by atoms with Gasteiger partial charge < -0.3 is 4.74 Å². The Morgan fingerprint density at radius 1 is 1.03 bits per heavy atom. The van der Waals surface area contributed by atoms with E-state index in [1.165, 1.54) is 34.1 Å². The highest BCUT2D eigenvalue weighted by atomic mass is 32.2. The maximum Gasteiger partial charge on any atom is 0.276 e. The van der Waals surface area contributed by atoms with Gasteiger partial charge in [-0.2, -0.15) is 4.31 Å². The van der Waals surface area contributed by atoms with Crippen LogP contribution in [0.2, 0.25) is 0 Å². The molecular formula is C23H31N3O5S. The van der Waals surface area contributed by atoms with Crippen LogP contribution in [0.3, 0.4) is 0 Å². The third kappa shape index (κ3) is 6.30. The Morgan fingerprint density at radius 2 is 1.72 bits per heavy atom. The Kier molecular flexibility index (Phi) is 8.80. The molecule has 0 aliphatic carbocycles. The van der Waals surface area contributed by atoms with Crippen LogP contribution < -0.4 is 15.6 Å². The predicted octanol–water partition coefficient (Wildman–Crippen LogP) is 2.99. The lowest BCUT2D eigenvalue weighted by Gasteiger charge is -2.18. The molecule has 0 bridgehead atoms. The zero-order valence-electron chi connectivity index (χ0n) is 19.1. The summed E-state index contributed by atoms with van der Waals surface area (Å²) in [6.45, 7) is 10.1. The third-order valence-corrected chi connectivity index (χ3v) is 7.03. The lowest BCUT2D eigenvalue weighted by molar-refractivity contribution is -0.123. The van der Waals surface area contributed by atoms with E-state index < -0.39 is 21.8 Å². The van der Waals surface area contributed by atoms with E-state index in [1.807, 2.05) is 19.1 Å². The molecule has 0 radical (unpaired) electrons. The van der Waals surface area contributed by atoms with Crippen molar-refractivity contribution in [3.8, 4) is 5.75 Å². The van der Waals surface area contributed by atoms with Gasteiger partial charge in [-0.1, -0.05) is 39.8 Å². The number of hydrogen-bond donors (Lipinski definition) is 2. The number of carbonyl (C=O) groups excluding carboxylic acids is 2. The molecule has 0 atom stereocenters. The fourth-order valence-corrected chi connectivity index (χ4v) is 4.78. The van der Waals surface area contributed by atoms with Gasteiger partial charge in [0.15, 0.2) is 6.61 Å². The third-order valence-electron chi connectivity index (χ3n) is 4.99. The Balaban J connectivity index is 1.95. The van der Waals surface area contributed by atoms with Crippen LogP contribution in [0.15, 0.2) is 47.4 Å². The quantitative estimate of drug-likeness (QED) is 0.559. The number of carbonyl (C=O) groups is 2. The second-order valence-electron chi connectivity index (χ2n) is 7.58. The van der Waals surface area contributed by atoms with E-state index >= 15 is 0 Å². The summed E-state index contributed by atoms with van der Waals surface area (Å²) in [5.41, 5.74) is 6.95. The molecule has 2 aromatic rings. The SMILES string of the molecule is CCN(CC)S(=O)(=O)c1cccc(C(=O)NNC(=O)COc2ccc(C(C)C)c(C)c2)c1. The predicted molar refractivity (Wildman–Crippen MR) is 123 cm³/mol. The smallest absolute Gasteiger partial charge is 0.276 e. The zero-order chi connectivity index (χ0) is 23.9. The first-order valence-corrected chi connectivity index (χ1v) is 12.0. The van der Waals surface area contributed by atoms with Crippen molar-refractivity contribution < 1.29 is 22.7 Å². The number of sulfonamides is 1. The van der Waals surface area contributed by atoms with Gasteiger partial charge >= 0.3 is 0 Å². The van der Waals surface area contributed by atoms with Crippen LogP contribution in [0.5, 0.6) is 5.75 Å². The average molecular weight is 462 g/mol. The number of hydrazine groups is 1. The summed E-state index contributed by atoms with van der Waals surface area (Å²) in [7, 11) is -3.69. The van der Waals surface area contributed by atoms with E-state index in [1.54, 1.807) is 19.9 Å². The van der Waals surface area contributed by atoms with Crippen LogP contribution in [0, 0.1) is 6.92 Å². The van der Waals surface area contributed by atoms with E-state index in [0.29, 0.717) is 24.8 Å². The number of hydrogen-bond acceptors (Lipinski definition) is 5. The molecule has 0 spiro atoms. The number of nitrogens with one attached hydrogen (secondary N) is 2. The Morgan fingerprint density at radius 3 is 2.31 bits per heavy atom. The van der Waals surface area contributed by atoms with Crippen LogP contribution >= 0.6 is 0 Å². The fourth-order valence-electron chi connectivity index (χ4n) is 3.28. The number of rotatable bonds is 9. The molecule has 32 heavy (non-hydrogen) atoms. The van der Waals surface area contributed by atoms with Crippen molar-refractivity contribution in [2.45, 2.75) is 45.4 Å². The molecule has 0 saturated carbocycles. The van der Waals surface area contributed by atoms with Crippen LogP contribution in [0.25, 0.3) is 0 Å². The molecular weight excluding hydrogens is 430 g/mol. The summed E-state index contributed by atoms with van der Waals surface area (Å²) < 4.78 is 32.1. The van der Waals surface area contributed by atoms with E-state index in [0.717, 1.165) is 5.56 Å². The van der Waals surface area contributed by atoms with Crippen LogP contribution in [0.1, 0.15) is 55.1 Å². The molecule has 0 aromatic heterocycles. The van der Waals surface area contributed by atoms with Gasteiger partial charge in [-0.25, -0.2) is 8.42 Å². The molecule has 0 aliphatic heterocycles. The Hall–Kier alpha value is -2.91. The minimum Gasteiger partial charge on any atom is -0.484 e. The fraction of sp³-hybridized carbons (Fsp3) is 0.391. The zero-order valence-corrected chi connectivity index (χ0v) is 20.0. The second-order valence-corrected chi connectivity index (χ2v) is 9.52. The number of benzene rings is 2. The largest absolute Gasteiger partial charge is 0.484 e. The number of ether oxygens (including phenoxy) is 1. The van der Waals surface area contributed by atoms with Gasteiger partial charge in [0.1, 0.15) is 5.75 Å². The molecule has 2 rings (SSSR count). The van der Waals surface area contributed by atoms with Crippen LogP contribution in [-0.2, 0) is 14.8 Å². The first-order chi connectivity index (χ1) is 15.1. The molecule has 8 nitrogen and oxygen atoms in total. The lowest BCUT2D eigenvalue weighted by atomic mass is 9.98. The number of amides is 2. The van der Waals surface area contributed by atoms with Crippen molar-refractivity contribution in [2.75, 3.05) is 19.7 Å². The highest BCUT2D eigenvalue weighted by Crippen LogP contribution is 2.23. The van der Waals surface area contributed by atoms with Gasteiger partial charge in [0, 0.05) is 18.7 Å². The molecule has 0 saturated heterocycles. The summed E-state index contributed by atoms with van der Waals surface area (Å²) in [5.74, 6) is -0.228. The van der Waals surface area contributed by atoms with Gasteiger partial charge in [-0.3, -0.25) is 20.4 Å². The normalized spacial score (nSPS) is 11.5. The molecule has 2 aromatic carbocycles. The molecule has 0 aliphatic rings. The molecule has 0 fully saturated rings. The lowest BCUT2D eigenvalue weighted by Crippen LogP contribution is -2.43. The average Bonchev–Trinajstić information content (AvgIpc) is 2.76. The topological polar surface area (TPSA) is 105 Å². The summed E-state index contributed by atoms with van der Waals surface area (Å²) >= 11 is 0. The highest BCUT2D eigenvalue weighted by molar-refractivity contribution is 7.89. The maximum absolute atomic E-state index is 12.6. The van der Waals surface area contributed by atoms with E-state index in [4.69, 9.17) is 4.74 Å². The Labute approximate surface area is 190 Å². The first kappa shape index (κ1) is 25.4. The van der Waals surface area contributed by atoms with E-state index in [-0.39, 0.29) is 17.1 Å². The molecule has 2 N–H and O–H groups in total. The van der Waals surface area contributed by atoms with Crippen molar-refractivity contribution in [1.29, 1.82) is 0 Å². The minimum atomic E-state index is -3.69. The van der Waals surface area contributed by atoms with E-state index in [9.17, 15) is 18.0 Å². The summed E-state index contributed by atoms with van der Waals surface area (Å²) in [6.07, 6.45) is 0. The summed E-state index contributed by atoms with van der Waals surface area (Å²) in [6, 6.07) is 11.3. The van der Waals surface area contributed by atoms with Crippen molar-refractivity contribution in [3.05, 3.63) is 59.2 Å². The maximum atomic E-state index is 12.6. The van der Waals surface area contributed by atoms with E-state index in [2.05, 4.69) is 24.7 Å². The van der Waals surface area contributed by atoms with Crippen molar-refractivity contribution >= 4 is 21.8 Å². The standard InChI is InChI=1S/C23H31N3O5S/c1-6-26(7-2)32(29,30)20-10-8-9-18(14-20)23(28)25-24-22(27)15-31-19-11-12-21(16(3)4)17(5)13-19/h8-14,16H,6-7,15H2,1-5H3,(H,24,27)(H,25,28). The van der Waals surface area contributed by atoms with Gasteiger partial charge in [0.05, 0.1) is 4.90 Å². The molecule has 174 valence electrons. The van der Waals surface area contributed by atoms with Crippen LogP contribution in [-0.4, -0.2) is 44.2 Å². The van der Waals surface area contributed by atoms with Gasteiger partial charge in [0.25, 0.3) is 11.8 Å². The number of nitrogens with zero attached hydrogens (tertiary/aromatic N) is 1. The second kappa shape index (κ2) is 11.1. The molecule has 0 unspecified atom stereocenters. The van der Waals surface area contributed by atoms with Crippen LogP contribution in [0.4, 0.5) is 0 Å². The minimum absolute atomic E-state index is 0.0173. The summed E-state index contributed by atoms with van der Waals surface area (Å²) in [5, 5.41) is 0. The first-order valence-electron chi connectivity index (χ1n) is 10.5. The van der Waals surface area contributed by atoms with Crippen molar-refractivity contribution in [1.82, 2.24) is 15.2 Å². The van der Waals surface area contributed by atoms with Gasteiger partial charge in [-0.15, -0.1) is 0 Å².